The van der Waals surface area contributed by atoms with Gasteiger partial charge in [0.05, 0.1) is 25.4 Å². The van der Waals surface area contributed by atoms with Crippen LogP contribution in [0.3, 0.4) is 0 Å². The van der Waals surface area contributed by atoms with Crippen LogP contribution in [-0.2, 0) is 6.54 Å². The average Bonchev–Trinajstić information content (AvgIpc) is 2.97. The number of thiazole rings is 1. The van der Waals surface area contributed by atoms with E-state index in [-0.39, 0.29) is 30.0 Å². The molecule has 2 N–H and O–H groups in total. The standard InChI is InChI=1S/C20H31N5OS.HI/c1-7-21-20(23-13-19-24-14(2)15(3)27-19)22-12-18(25(4)5)16-9-8-10-17(11-16)26-6;/h8-11,18H,7,12-13H2,1-6H3,(H2,21,22,23);1H. The number of hydrogen-bond donors (Lipinski definition) is 2. The highest BCUT2D eigenvalue weighted by Gasteiger charge is 2.15. The van der Waals surface area contributed by atoms with Gasteiger partial charge in [-0.1, -0.05) is 12.1 Å². The van der Waals surface area contributed by atoms with E-state index >= 15 is 0 Å². The van der Waals surface area contributed by atoms with Crippen LogP contribution in [0.25, 0.3) is 0 Å². The Morgan fingerprint density at radius 3 is 2.61 bits per heavy atom. The van der Waals surface area contributed by atoms with Crippen LogP contribution in [0.1, 0.15) is 34.1 Å². The van der Waals surface area contributed by atoms with Gasteiger partial charge in [0, 0.05) is 18.0 Å². The van der Waals surface area contributed by atoms with E-state index in [1.807, 2.05) is 19.1 Å². The number of hydrogen-bond acceptors (Lipinski definition) is 5. The Hall–Kier alpha value is -1.39. The fourth-order valence-electron chi connectivity index (χ4n) is 2.74. The third-order valence-electron chi connectivity index (χ3n) is 4.35. The molecule has 1 heterocycles. The monoisotopic (exact) mass is 517 g/mol. The van der Waals surface area contributed by atoms with Gasteiger partial charge in [0.2, 0.25) is 0 Å². The Kier molecular flexibility index (Phi) is 10.8. The minimum atomic E-state index is 0. The summed E-state index contributed by atoms with van der Waals surface area (Å²) in [5, 5.41) is 7.82. The minimum absolute atomic E-state index is 0. The van der Waals surface area contributed by atoms with Crippen LogP contribution in [0.4, 0.5) is 0 Å². The van der Waals surface area contributed by atoms with E-state index in [1.54, 1.807) is 18.4 Å². The first kappa shape index (κ1) is 24.6. The first-order valence-electron chi connectivity index (χ1n) is 9.20. The summed E-state index contributed by atoms with van der Waals surface area (Å²) < 4.78 is 5.37. The van der Waals surface area contributed by atoms with Gasteiger partial charge in [0.1, 0.15) is 10.8 Å². The number of ether oxygens (including phenoxy) is 1. The molecule has 0 spiro atoms. The van der Waals surface area contributed by atoms with Gasteiger partial charge in [0.25, 0.3) is 0 Å². The normalized spacial score (nSPS) is 12.5. The molecule has 2 aromatic rings. The second kappa shape index (κ2) is 12.2. The number of nitrogens with zero attached hydrogens (tertiary/aromatic N) is 3. The van der Waals surface area contributed by atoms with Gasteiger partial charge in [-0.15, -0.1) is 35.3 Å². The van der Waals surface area contributed by atoms with E-state index in [2.05, 4.69) is 60.6 Å². The molecule has 0 saturated carbocycles. The van der Waals surface area contributed by atoms with Crippen LogP contribution >= 0.6 is 35.3 Å². The quantitative estimate of drug-likeness (QED) is 0.318. The fraction of sp³-hybridized carbons (Fsp3) is 0.500. The van der Waals surface area contributed by atoms with E-state index in [0.717, 1.165) is 35.5 Å². The van der Waals surface area contributed by atoms with Crippen molar-refractivity contribution in [2.45, 2.75) is 33.4 Å². The van der Waals surface area contributed by atoms with E-state index in [0.29, 0.717) is 6.54 Å². The maximum absolute atomic E-state index is 5.37. The van der Waals surface area contributed by atoms with E-state index < -0.39 is 0 Å². The van der Waals surface area contributed by atoms with Crippen molar-refractivity contribution in [2.24, 2.45) is 4.99 Å². The van der Waals surface area contributed by atoms with Crippen molar-refractivity contribution < 1.29 is 4.74 Å². The number of likely N-dealkylation sites (N-methyl/N-ethyl adjacent to an activating group) is 1. The number of nitrogens with one attached hydrogen (secondary N) is 2. The van der Waals surface area contributed by atoms with Gasteiger partial charge < -0.3 is 20.3 Å². The molecule has 2 rings (SSSR count). The number of methoxy groups -OCH3 is 1. The Bertz CT molecular complexity index is 743. The van der Waals surface area contributed by atoms with Gasteiger partial charge in [-0.2, -0.15) is 0 Å². The van der Waals surface area contributed by atoms with E-state index in [9.17, 15) is 0 Å². The predicted octanol–water partition coefficient (Wildman–Crippen LogP) is 3.74. The van der Waals surface area contributed by atoms with Gasteiger partial charge in [0.15, 0.2) is 5.96 Å². The highest BCUT2D eigenvalue weighted by atomic mass is 127. The van der Waals surface area contributed by atoms with Crippen molar-refractivity contribution in [3.8, 4) is 5.75 Å². The number of halogens is 1. The molecule has 0 fully saturated rings. The molecule has 8 heteroatoms. The summed E-state index contributed by atoms with van der Waals surface area (Å²) in [6, 6.07) is 8.40. The highest BCUT2D eigenvalue weighted by Crippen LogP contribution is 2.22. The number of benzene rings is 1. The van der Waals surface area contributed by atoms with Crippen LogP contribution in [0.5, 0.6) is 5.75 Å². The third-order valence-corrected chi connectivity index (χ3v) is 5.41. The van der Waals surface area contributed by atoms with Crippen molar-refractivity contribution in [2.75, 3.05) is 34.3 Å². The lowest BCUT2D eigenvalue weighted by Crippen LogP contribution is -2.41. The van der Waals surface area contributed by atoms with Gasteiger partial charge in [-0.05, 0) is 52.6 Å². The maximum atomic E-state index is 5.37. The number of aryl methyl sites for hydroxylation is 2. The van der Waals surface area contributed by atoms with Crippen molar-refractivity contribution in [3.63, 3.8) is 0 Å². The molecule has 0 saturated heterocycles. The molecule has 0 radical (unpaired) electrons. The molecule has 6 nitrogen and oxygen atoms in total. The SMILES string of the molecule is CCNC(=NCc1nc(C)c(C)s1)NCC(c1cccc(OC)c1)N(C)C.I. The van der Waals surface area contributed by atoms with Crippen molar-refractivity contribution in [1.82, 2.24) is 20.5 Å². The summed E-state index contributed by atoms with van der Waals surface area (Å²) in [7, 11) is 5.86. The molecule has 28 heavy (non-hydrogen) atoms. The minimum Gasteiger partial charge on any atom is -0.497 e. The zero-order valence-corrected chi connectivity index (χ0v) is 20.7. The molecule has 1 unspecified atom stereocenters. The van der Waals surface area contributed by atoms with Crippen LogP contribution in [0, 0.1) is 13.8 Å². The lowest BCUT2D eigenvalue weighted by molar-refractivity contribution is 0.297. The first-order chi connectivity index (χ1) is 12.9. The smallest absolute Gasteiger partial charge is 0.191 e. The second-order valence-corrected chi connectivity index (χ2v) is 7.87. The highest BCUT2D eigenvalue weighted by molar-refractivity contribution is 14.0. The lowest BCUT2D eigenvalue weighted by Gasteiger charge is -2.26. The molecular formula is C20H32IN5OS. The van der Waals surface area contributed by atoms with Crippen molar-refractivity contribution in [3.05, 3.63) is 45.4 Å². The van der Waals surface area contributed by atoms with Crippen LogP contribution in [0.15, 0.2) is 29.3 Å². The van der Waals surface area contributed by atoms with Gasteiger partial charge >= 0.3 is 0 Å². The van der Waals surface area contributed by atoms with Crippen molar-refractivity contribution >= 4 is 41.3 Å². The number of rotatable bonds is 8. The summed E-state index contributed by atoms with van der Waals surface area (Å²) >= 11 is 1.71. The summed E-state index contributed by atoms with van der Waals surface area (Å²) in [6.45, 7) is 8.34. The number of guanidine groups is 1. The molecule has 0 amide bonds. The van der Waals surface area contributed by atoms with Crippen molar-refractivity contribution in [1.29, 1.82) is 0 Å². The fourth-order valence-corrected chi connectivity index (χ4v) is 3.59. The third kappa shape index (κ3) is 7.21. The van der Waals surface area contributed by atoms with E-state index in [4.69, 9.17) is 9.73 Å². The molecule has 0 aliphatic heterocycles. The van der Waals surface area contributed by atoms with Crippen LogP contribution in [0.2, 0.25) is 0 Å². The zero-order valence-electron chi connectivity index (χ0n) is 17.6. The van der Waals surface area contributed by atoms with Crippen LogP contribution in [-0.4, -0.2) is 50.1 Å². The summed E-state index contributed by atoms with van der Waals surface area (Å²) in [5.41, 5.74) is 2.29. The van der Waals surface area contributed by atoms with Gasteiger partial charge in [-0.25, -0.2) is 9.98 Å². The van der Waals surface area contributed by atoms with Crippen LogP contribution < -0.4 is 15.4 Å². The molecule has 0 aliphatic carbocycles. The first-order valence-corrected chi connectivity index (χ1v) is 10.0. The molecule has 0 bridgehead atoms. The second-order valence-electron chi connectivity index (χ2n) is 6.58. The molecule has 0 aliphatic rings. The Morgan fingerprint density at radius 2 is 2.04 bits per heavy atom. The largest absolute Gasteiger partial charge is 0.497 e. The molecular weight excluding hydrogens is 485 g/mol. The average molecular weight is 517 g/mol. The summed E-state index contributed by atoms with van der Waals surface area (Å²) in [5.74, 6) is 1.67. The van der Waals surface area contributed by atoms with Gasteiger partial charge in [-0.3, -0.25) is 0 Å². The predicted molar refractivity (Wildman–Crippen MR) is 129 cm³/mol. The molecule has 156 valence electrons. The Balaban J connectivity index is 0.00000392. The number of aromatic nitrogens is 1. The lowest BCUT2D eigenvalue weighted by atomic mass is 10.1. The van der Waals surface area contributed by atoms with E-state index in [1.165, 1.54) is 10.4 Å². The maximum Gasteiger partial charge on any atom is 0.191 e. The Labute approximate surface area is 189 Å². The topological polar surface area (TPSA) is 61.8 Å². The molecule has 1 aromatic heterocycles. The molecule has 1 aromatic carbocycles. The zero-order chi connectivity index (χ0) is 19.8. The summed E-state index contributed by atoms with van der Waals surface area (Å²) in [4.78, 5) is 12.7. The Morgan fingerprint density at radius 1 is 1.29 bits per heavy atom. The summed E-state index contributed by atoms with van der Waals surface area (Å²) in [6.07, 6.45) is 0. The molecule has 1 atom stereocenters. The number of aliphatic imine (C=N–C) groups is 1.